The van der Waals surface area contributed by atoms with Crippen molar-refractivity contribution in [1.82, 2.24) is 0 Å². The van der Waals surface area contributed by atoms with Crippen LogP contribution in [0.15, 0.2) is 23.1 Å². The molecule has 0 aromatic heterocycles. The summed E-state index contributed by atoms with van der Waals surface area (Å²) in [5.74, 6) is 0.721. The second kappa shape index (κ2) is 6.77. The minimum absolute atomic E-state index is 0.0374. The van der Waals surface area contributed by atoms with Crippen LogP contribution in [0, 0.1) is 5.92 Å². The number of nitrogens with two attached hydrogens (primary N) is 2. The first-order valence-electron chi connectivity index (χ1n) is 6.47. The number of nitrogens with one attached hydrogen (secondary N) is 1. The van der Waals surface area contributed by atoms with Crippen molar-refractivity contribution in [1.29, 1.82) is 0 Å². The largest absolute Gasteiger partial charge is 0.397 e. The van der Waals surface area contributed by atoms with Crippen LogP contribution in [0.5, 0.6) is 0 Å². The Kier molecular flexibility index (Phi) is 5.62. The number of rotatable bonds is 7. The highest BCUT2D eigenvalue weighted by Crippen LogP contribution is 2.22. The molecule has 0 amide bonds. The molecule has 0 atom stereocenters. The Morgan fingerprint density at radius 2 is 1.95 bits per heavy atom. The Morgan fingerprint density at radius 1 is 1.26 bits per heavy atom. The van der Waals surface area contributed by atoms with Gasteiger partial charge in [-0.3, -0.25) is 0 Å². The molecule has 0 spiro atoms. The van der Waals surface area contributed by atoms with E-state index in [-0.39, 0.29) is 4.90 Å². The quantitative estimate of drug-likeness (QED) is 0.528. The highest BCUT2D eigenvalue weighted by molar-refractivity contribution is 7.89. The molecular formula is C13H23N3O2S. The Morgan fingerprint density at radius 3 is 2.47 bits per heavy atom. The van der Waals surface area contributed by atoms with Crippen LogP contribution >= 0.6 is 0 Å². The van der Waals surface area contributed by atoms with Crippen molar-refractivity contribution in [3.63, 3.8) is 0 Å². The number of benzene rings is 1. The molecule has 0 unspecified atom stereocenters. The zero-order valence-electron chi connectivity index (χ0n) is 11.5. The van der Waals surface area contributed by atoms with Crippen LogP contribution in [0.3, 0.4) is 0 Å². The van der Waals surface area contributed by atoms with Crippen LogP contribution < -0.4 is 16.2 Å². The third-order valence-electron chi connectivity index (χ3n) is 2.88. The van der Waals surface area contributed by atoms with Crippen LogP contribution in [0.25, 0.3) is 0 Å². The van der Waals surface area contributed by atoms with Crippen molar-refractivity contribution >= 4 is 21.4 Å². The fraction of sp³-hybridized carbons (Fsp3) is 0.538. The van der Waals surface area contributed by atoms with Gasteiger partial charge in [-0.05, 0) is 30.5 Å². The van der Waals surface area contributed by atoms with E-state index in [1.807, 2.05) is 0 Å². The minimum atomic E-state index is -3.69. The first-order chi connectivity index (χ1) is 8.80. The summed E-state index contributed by atoms with van der Waals surface area (Å²) in [6, 6.07) is 4.49. The molecule has 19 heavy (non-hydrogen) atoms. The van der Waals surface area contributed by atoms with E-state index in [0.717, 1.165) is 24.6 Å². The predicted molar refractivity (Wildman–Crippen MR) is 79.4 cm³/mol. The van der Waals surface area contributed by atoms with Gasteiger partial charge in [0.25, 0.3) is 0 Å². The molecule has 0 fully saturated rings. The number of unbranched alkanes of at least 4 members (excludes halogenated alkanes) is 1. The van der Waals surface area contributed by atoms with Crippen LogP contribution in [-0.4, -0.2) is 15.0 Å². The second-order valence-electron chi connectivity index (χ2n) is 5.11. The predicted octanol–water partition coefficient (Wildman–Crippen LogP) is 2.15. The molecule has 108 valence electrons. The summed E-state index contributed by atoms with van der Waals surface area (Å²) in [5.41, 5.74) is 6.94. The summed E-state index contributed by atoms with van der Waals surface area (Å²) in [5, 5.41) is 8.24. The van der Waals surface area contributed by atoms with Crippen LogP contribution in [-0.2, 0) is 10.0 Å². The molecule has 0 radical (unpaired) electrons. The number of primary sulfonamides is 1. The lowest BCUT2D eigenvalue weighted by molar-refractivity contribution is 0.545. The van der Waals surface area contributed by atoms with E-state index < -0.39 is 10.0 Å². The second-order valence-corrected chi connectivity index (χ2v) is 6.67. The molecular weight excluding hydrogens is 262 g/mol. The Labute approximate surface area is 115 Å². The summed E-state index contributed by atoms with van der Waals surface area (Å²) < 4.78 is 22.3. The molecule has 0 aliphatic rings. The average molecular weight is 285 g/mol. The van der Waals surface area contributed by atoms with Crippen molar-refractivity contribution < 1.29 is 8.42 Å². The van der Waals surface area contributed by atoms with Crippen molar-refractivity contribution in [3.8, 4) is 0 Å². The van der Waals surface area contributed by atoms with E-state index in [1.54, 1.807) is 6.07 Å². The van der Waals surface area contributed by atoms with E-state index in [1.165, 1.54) is 25.0 Å². The zero-order chi connectivity index (χ0) is 14.5. The fourth-order valence-corrected chi connectivity index (χ4v) is 2.33. The number of sulfonamides is 1. The van der Waals surface area contributed by atoms with E-state index >= 15 is 0 Å². The van der Waals surface area contributed by atoms with E-state index in [0.29, 0.717) is 5.69 Å². The van der Waals surface area contributed by atoms with E-state index in [4.69, 9.17) is 10.9 Å². The lowest BCUT2D eigenvalue weighted by Crippen LogP contribution is -2.13. The Balaban J connectivity index is 2.52. The van der Waals surface area contributed by atoms with Crippen molar-refractivity contribution in [2.45, 2.75) is 38.0 Å². The van der Waals surface area contributed by atoms with Gasteiger partial charge >= 0.3 is 0 Å². The maximum Gasteiger partial charge on any atom is 0.238 e. The van der Waals surface area contributed by atoms with Gasteiger partial charge in [0.15, 0.2) is 0 Å². The first-order valence-corrected chi connectivity index (χ1v) is 8.01. The van der Waals surface area contributed by atoms with Gasteiger partial charge in [-0.25, -0.2) is 13.6 Å². The summed E-state index contributed by atoms with van der Waals surface area (Å²) in [6.45, 7) is 5.24. The third kappa shape index (κ3) is 5.48. The van der Waals surface area contributed by atoms with Gasteiger partial charge in [0.2, 0.25) is 10.0 Å². The van der Waals surface area contributed by atoms with Crippen LogP contribution in [0.4, 0.5) is 11.4 Å². The fourth-order valence-electron chi connectivity index (χ4n) is 1.78. The zero-order valence-corrected chi connectivity index (χ0v) is 12.3. The molecule has 0 bridgehead atoms. The molecule has 1 rings (SSSR count). The summed E-state index contributed by atoms with van der Waals surface area (Å²) in [7, 11) is -3.69. The highest BCUT2D eigenvalue weighted by Gasteiger charge is 2.09. The summed E-state index contributed by atoms with van der Waals surface area (Å²) in [6.07, 6.45) is 3.44. The molecule has 0 aliphatic carbocycles. The Hall–Kier alpha value is -1.27. The third-order valence-corrected chi connectivity index (χ3v) is 3.79. The van der Waals surface area contributed by atoms with Gasteiger partial charge in [0.05, 0.1) is 16.3 Å². The lowest BCUT2D eigenvalue weighted by Gasteiger charge is -2.11. The maximum absolute atomic E-state index is 11.2. The number of nitrogen functional groups attached to an aromatic ring is 1. The maximum atomic E-state index is 11.2. The minimum Gasteiger partial charge on any atom is -0.397 e. The lowest BCUT2D eigenvalue weighted by atomic mass is 10.1. The monoisotopic (exact) mass is 285 g/mol. The van der Waals surface area contributed by atoms with Crippen molar-refractivity contribution in [2.24, 2.45) is 11.1 Å². The molecule has 0 saturated carbocycles. The van der Waals surface area contributed by atoms with Crippen molar-refractivity contribution in [3.05, 3.63) is 18.2 Å². The first kappa shape index (κ1) is 15.8. The molecule has 5 N–H and O–H groups in total. The van der Waals surface area contributed by atoms with Gasteiger partial charge < -0.3 is 11.1 Å². The smallest absolute Gasteiger partial charge is 0.238 e. The van der Waals surface area contributed by atoms with E-state index in [2.05, 4.69) is 19.2 Å². The van der Waals surface area contributed by atoms with Gasteiger partial charge in [-0.2, -0.15) is 0 Å². The topological polar surface area (TPSA) is 98.2 Å². The molecule has 0 aliphatic heterocycles. The molecule has 1 aromatic carbocycles. The number of hydrogen-bond donors (Lipinski definition) is 3. The average Bonchev–Trinajstić information content (AvgIpc) is 2.28. The molecule has 6 heteroatoms. The summed E-state index contributed by atoms with van der Waals surface area (Å²) in [4.78, 5) is 0.0374. The van der Waals surface area contributed by atoms with Gasteiger partial charge in [0, 0.05) is 6.54 Å². The standard InChI is InChI=1S/C13H23N3O2S/c1-10(2)5-3-4-8-16-13-7-6-11(9-12(13)14)19(15,17)18/h6-7,9-10,16H,3-5,8,14H2,1-2H3,(H2,15,17,18). The number of anilines is 2. The molecule has 0 heterocycles. The Bertz CT molecular complexity index is 513. The van der Waals surface area contributed by atoms with Crippen molar-refractivity contribution in [2.75, 3.05) is 17.6 Å². The molecule has 5 nitrogen and oxygen atoms in total. The highest BCUT2D eigenvalue weighted by atomic mass is 32.2. The van der Waals surface area contributed by atoms with Crippen LogP contribution in [0.2, 0.25) is 0 Å². The molecule has 0 saturated heterocycles. The molecule has 1 aromatic rings. The van der Waals surface area contributed by atoms with E-state index in [9.17, 15) is 8.42 Å². The van der Waals surface area contributed by atoms with Gasteiger partial charge in [-0.15, -0.1) is 0 Å². The van der Waals surface area contributed by atoms with Gasteiger partial charge in [-0.1, -0.05) is 26.7 Å². The SMILES string of the molecule is CC(C)CCCCNc1ccc(S(N)(=O)=O)cc1N. The number of hydrogen-bond acceptors (Lipinski definition) is 4. The van der Waals surface area contributed by atoms with Gasteiger partial charge in [0.1, 0.15) is 0 Å². The normalized spacial score (nSPS) is 11.8. The van der Waals surface area contributed by atoms with Crippen LogP contribution in [0.1, 0.15) is 33.1 Å². The summed E-state index contributed by atoms with van der Waals surface area (Å²) >= 11 is 0.